The lowest BCUT2D eigenvalue weighted by Crippen LogP contribution is -2.66. The summed E-state index contributed by atoms with van der Waals surface area (Å²) in [6.07, 6.45) is 9.06. The number of hydrogen-bond donors (Lipinski definition) is 1. The number of aliphatic hydroxyl groups excluding tert-OH is 1. The van der Waals surface area contributed by atoms with E-state index in [1.54, 1.807) is 0 Å². The zero-order valence-corrected chi connectivity index (χ0v) is 21.9. The van der Waals surface area contributed by atoms with Gasteiger partial charge in [-0.15, -0.1) is 0 Å². The Hall–Kier alpha value is -0.960. The summed E-state index contributed by atoms with van der Waals surface area (Å²) in [6.45, 7) is 18.5. The molecule has 0 spiro atoms. The van der Waals surface area contributed by atoms with Crippen LogP contribution in [-0.4, -0.2) is 23.3 Å². The molecular weight excluding hydrogens is 408 g/mol. The normalized spacial score (nSPS) is 53.0. The van der Waals surface area contributed by atoms with Crippen molar-refractivity contribution in [1.29, 1.82) is 0 Å². The van der Waals surface area contributed by atoms with Crippen LogP contribution in [0.2, 0.25) is 0 Å². The second kappa shape index (κ2) is 7.05. The van der Waals surface area contributed by atoms with Crippen molar-refractivity contribution in [2.24, 2.45) is 56.7 Å². The Morgan fingerprint density at radius 1 is 0.939 bits per heavy atom. The molecule has 1 N–H and O–H groups in total. The fourth-order valence-electron chi connectivity index (χ4n) is 11.2. The van der Waals surface area contributed by atoms with E-state index in [1.165, 1.54) is 12.8 Å². The number of carbonyl (C=O) groups excluding carboxylic acids is 2. The second-order valence-electron chi connectivity index (χ2n) is 14.3. The highest BCUT2D eigenvalue weighted by Gasteiger charge is 2.71. The van der Waals surface area contributed by atoms with E-state index in [0.717, 1.165) is 44.1 Å². The SMILES string of the molecule is C=C(C)[C@@H]1C(=O)C[C@]2(CO)CC[C@]3(C)[C@H](CC[C@@H]4[C@@]5(C)CCC(=O)C(C)(C)[C@@H]5CC[C@]43C)[C@@H]12. The summed E-state index contributed by atoms with van der Waals surface area (Å²) in [6, 6.07) is 0. The summed E-state index contributed by atoms with van der Waals surface area (Å²) in [4.78, 5) is 26.1. The number of carbonyl (C=O) groups is 2. The Bertz CT molecular complexity index is 902. The predicted octanol–water partition coefficient (Wildman–Crippen LogP) is 6.38. The molecule has 0 saturated heterocycles. The molecule has 0 aromatic heterocycles. The average Bonchev–Trinajstić information content (AvgIpc) is 3.04. The van der Waals surface area contributed by atoms with Crippen LogP contribution in [0.4, 0.5) is 0 Å². The van der Waals surface area contributed by atoms with Crippen LogP contribution in [0.5, 0.6) is 0 Å². The molecule has 3 nitrogen and oxygen atoms in total. The summed E-state index contributed by atoms with van der Waals surface area (Å²) < 4.78 is 0. The molecule has 0 radical (unpaired) electrons. The van der Waals surface area contributed by atoms with Gasteiger partial charge in [0.2, 0.25) is 0 Å². The van der Waals surface area contributed by atoms with Crippen molar-refractivity contribution in [2.75, 3.05) is 6.61 Å². The van der Waals surface area contributed by atoms with Crippen LogP contribution in [0.25, 0.3) is 0 Å². The van der Waals surface area contributed by atoms with E-state index < -0.39 is 0 Å². The first-order valence-electron chi connectivity index (χ1n) is 13.6. The molecule has 0 aromatic rings. The van der Waals surface area contributed by atoms with Gasteiger partial charge in [0.05, 0.1) is 0 Å². The summed E-state index contributed by atoms with van der Waals surface area (Å²) in [7, 11) is 0. The van der Waals surface area contributed by atoms with E-state index >= 15 is 0 Å². The van der Waals surface area contributed by atoms with Crippen LogP contribution in [0, 0.1) is 56.7 Å². The molecule has 5 fully saturated rings. The van der Waals surface area contributed by atoms with Gasteiger partial charge in [0, 0.05) is 36.2 Å². The van der Waals surface area contributed by atoms with Gasteiger partial charge < -0.3 is 5.11 Å². The van der Waals surface area contributed by atoms with Crippen molar-refractivity contribution in [3.63, 3.8) is 0 Å². The fraction of sp³-hybridized carbons (Fsp3) is 0.867. The van der Waals surface area contributed by atoms with Crippen LogP contribution in [-0.2, 0) is 9.59 Å². The third kappa shape index (κ3) is 2.72. The third-order valence-electron chi connectivity index (χ3n) is 13.0. The van der Waals surface area contributed by atoms with Crippen molar-refractivity contribution in [1.82, 2.24) is 0 Å². The molecule has 0 aromatic carbocycles. The first-order valence-corrected chi connectivity index (χ1v) is 13.6. The number of aliphatic hydroxyl groups is 1. The molecule has 9 atom stereocenters. The van der Waals surface area contributed by atoms with Crippen LogP contribution in [0.3, 0.4) is 0 Å². The summed E-state index contributed by atoms with van der Waals surface area (Å²) in [5.74, 6) is 2.50. The van der Waals surface area contributed by atoms with Crippen molar-refractivity contribution >= 4 is 11.6 Å². The Kier molecular flexibility index (Phi) is 5.08. The Balaban J connectivity index is 1.57. The Labute approximate surface area is 201 Å². The highest BCUT2D eigenvalue weighted by Crippen LogP contribution is 2.77. The summed E-state index contributed by atoms with van der Waals surface area (Å²) in [5.41, 5.74) is 1.13. The molecular formula is C30H46O3. The monoisotopic (exact) mass is 454 g/mol. The number of hydrogen-bond acceptors (Lipinski definition) is 3. The van der Waals surface area contributed by atoms with Gasteiger partial charge in [-0.05, 0) is 91.8 Å². The van der Waals surface area contributed by atoms with Crippen LogP contribution in [0.1, 0.15) is 99.3 Å². The first kappa shape index (κ1) is 23.8. The summed E-state index contributed by atoms with van der Waals surface area (Å²) in [5, 5.41) is 10.6. The molecule has 0 bridgehead atoms. The van der Waals surface area contributed by atoms with Crippen LogP contribution < -0.4 is 0 Å². The van der Waals surface area contributed by atoms with Crippen molar-refractivity contribution in [3.8, 4) is 0 Å². The Morgan fingerprint density at radius 3 is 2.27 bits per heavy atom. The lowest BCUT2D eigenvalue weighted by Gasteiger charge is -2.72. The molecule has 33 heavy (non-hydrogen) atoms. The maximum absolute atomic E-state index is 13.2. The minimum atomic E-state index is -0.242. The van der Waals surface area contributed by atoms with Crippen molar-refractivity contribution < 1.29 is 14.7 Å². The fourth-order valence-corrected chi connectivity index (χ4v) is 11.2. The molecule has 0 amide bonds. The number of Topliss-reactive ketones (excluding diaryl/α,β-unsaturated/α-hetero) is 2. The van der Waals surface area contributed by atoms with Gasteiger partial charge in [-0.1, -0.05) is 46.8 Å². The van der Waals surface area contributed by atoms with E-state index in [2.05, 4.69) is 41.2 Å². The number of fused-ring (bicyclic) bond motifs is 7. The van der Waals surface area contributed by atoms with Crippen molar-refractivity contribution in [2.45, 2.75) is 99.3 Å². The number of rotatable bonds is 2. The second-order valence-corrected chi connectivity index (χ2v) is 14.3. The molecule has 184 valence electrons. The van der Waals surface area contributed by atoms with Gasteiger partial charge in [0.15, 0.2) is 0 Å². The van der Waals surface area contributed by atoms with Gasteiger partial charge in [0.25, 0.3) is 0 Å². The highest BCUT2D eigenvalue weighted by atomic mass is 16.3. The standard InChI is InChI=1S/C30H46O3/c1-18(2)24-20(32)16-30(17-31)15-14-28(6)19(25(24)30)8-9-22-27(5)12-11-23(33)26(3,4)21(27)10-13-29(22,28)7/h19,21-22,24-25,31H,1,8-17H2,2-7H3/t19-,21+,22-,24-,25+,27+,28-,29-,30+/m1/s1. The zero-order chi connectivity index (χ0) is 24.2. The van der Waals surface area contributed by atoms with Crippen molar-refractivity contribution in [3.05, 3.63) is 12.2 Å². The number of allylic oxidation sites excluding steroid dienone is 1. The largest absolute Gasteiger partial charge is 0.396 e. The maximum Gasteiger partial charge on any atom is 0.140 e. The maximum atomic E-state index is 13.2. The average molecular weight is 455 g/mol. The van der Waals surface area contributed by atoms with Gasteiger partial charge in [-0.25, -0.2) is 0 Å². The molecule has 0 unspecified atom stereocenters. The smallest absolute Gasteiger partial charge is 0.140 e. The van der Waals surface area contributed by atoms with E-state index in [4.69, 9.17) is 0 Å². The van der Waals surface area contributed by atoms with Gasteiger partial charge in [0.1, 0.15) is 11.6 Å². The van der Waals surface area contributed by atoms with E-state index in [0.29, 0.717) is 35.7 Å². The molecule has 5 saturated carbocycles. The van der Waals surface area contributed by atoms with Crippen LogP contribution >= 0.6 is 0 Å². The van der Waals surface area contributed by atoms with E-state index in [1.807, 2.05) is 6.92 Å². The third-order valence-corrected chi connectivity index (χ3v) is 13.0. The zero-order valence-electron chi connectivity index (χ0n) is 21.9. The minimum Gasteiger partial charge on any atom is -0.396 e. The lowest BCUT2D eigenvalue weighted by molar-refractivity contribution is -0.236. The summed E-state index contributed by atoms with van der Waals surface area (Å²) >= 11 is 0. The van der Waals surface area contributed by atoms with Crippen LogP contribution in [0.15, 0.2) is 12.2 Å². The Morgan fingerprint density at radius 2 is 1.64 bits per heavy atom. The first-order chi connectivity index (χ1) is 15.3. The lowest BCUT2D eigenvalue weighted by atomic mass is 9.32. The van der Waals surface area contributed by atoms with E-state index in [9.17, 15) is 14.7 Å². The quantitative estimate of drug-likeness (QED) is 0.492. The predicted molar refractivity (Wildman–Crippen MR) is 131 cm³/mol. The molecule has 5 aliphatic rings. The van der Waals surface area contributed by atoms with Gasteiger partial charge in [-0.2, -0.15) is 0 Å². The van der Waals surface area contributed by atoms with E-state index in [-0.39, 0.29) is 45.5 Å². The molecule has 5 aliphatic carbocycles. The topological polar surface area (TPSA) is 54.4 Å². The highest BCUT2D eigenvalue weighted by molar-refractivity contribution is 5.87. The number of ketones is 2. The molecule has 0 aliphatic heterocycles. The van der Waals surface area contributed by atoms with Gasteiger partial charge in [-0.3, -0.25) is 9.59 Å². The molecule has 0 heterocycles. The molecule has 5 rings (SSSR count). The van der Waals surface area contributed by atoms with Gasteiger partial charge >= 0.3 is 0 Å². The molecule has 3 heteroatoms. The minimum absolute atomic E-state index is 0.0833.